The number of carbonyl (C=O) groups is 2. The van der Waals surface area contributed by atoms with Crippen LogP contribution in [0.4, 0.5) is 0 Å². The van der Waals surface area contributed by atoms with E-state index >= 15 is 0 Å². The number of benzene rings is 2. The van der Waals surface area contributed by atoms with Gasteiger partial charge < -0.3 is 10.1 Å². The van der Waals surface area contributed by atoms with Gasteiger partial charge in [0, 0.05) is 5.56 Å². The maximum atomic E-state index is 12.8. The molecule has 0 spiro atoms. The summed E-state index contributed by atoms with van der Waals surface area (Å²) >= 11 is 0. The SMILES string of the molecule is Cc1cc(C(=O)OCc2ccccc2)c(C2=NC(C)(C(C)C)C(=O)N2)cc1C. The van der Waals surface area contributed by atoms with Gasteiger partial charge in [0.2, 0.25) is 0 Å². The Balaban J connectivity index is 1.95. The normalized spacial score (nSPS) is 18.8. The summed E-state index contributed by atoms with van der Waals surface area (Å²) in [7, 11) is 0. The molecular formula is C23H26N2O3. The predicted octanol–water partition coefficient (Wildman–Crippen LogP) is 3.95. The third-order valence-corrected chi connectivity index (χ3v) is 5.48. The Morgan fingerprint density at radius 2 is 1.79 bits per heavy atom. The Hall–Kier alpha value is -2.95. The van der Waals surface area contributed by atoms with Crippen LogP contribution in [0, 0.1) is 19.8 Å². The number of esters is 1. The highest BCUT2D eigenvalue weighted by molar-refractivity contribution is 6.18. The van der Waals surface area contributed by atoms with Gasteiger partial charge in [-0.3, -0.25) is 9.79 Å². The lowest BCUT2D eigenvalue weighted by Crippen LogP contribution is -2.41. The number of nitrogens with one attached hydrogen (secondary N) is 1. The second-order valence-corrected chi connectivity index (χ2v) is 7.76. The second-order valence-electron chi connectivity index (χ2n) is 7.76. The lowest BCUT2D eigenvalue weighted by molar-refractivity contribution is -0.124. The Labute approximate surface area is 165 Å². The lowest BCUT2D eigenvalue weighted by Gasteiger charge is -2.21. The maximum Gasteiger partial charge on any atom is 0.339 e. The van der Waals surface area contributed by atoms with Gasteiger partial charge in [-0.15, -0.1) is 0 Å². The van der Waals surface area contributed by atoms with E-state index in [1.807, 2.05) is 71.0 Å². The van der Waals surface area contributed by atoms with Gasteiger partial charge in [0.05, 0.1) is 5.56 Å². The molecule has 1 N–H and O–H groups in total. The zero-order chi connectivity index (χ0) is 20.5. The number of hydrogen-bond donors (Lipinski definition) is 1. The number of hydrogen-bond acceptors (Lipinski definition) is 4. The van der Waals surface area contributed by atoms with Crippen molar-refractivity contribution in [1.29, 1.82) is 0 Å². The molecule has 1 unspecified atom stereocenters. The Bertz CT molecular complexity index is 948. The van der Waals surface area contributed by atoms with Gasteiger partial charge in [0.1, 0.15) is 18.0 Å². The van der Waals surface area contributed by atoms with Crippen molar-refractivity contribution in [1.82, 2.24) is 5.32 Å². The molecule has 5 heteroatoms. The van der Waals surface area contributed by atoms with E-state index in [0.717, 1.165) is 16.7 Å². The summed E-state index contributed by atoms with van der Waals surface area (Å²) in [6.45, 7) is 9.84. The molecule has 0 saturated carbocycles. The molecule has 1 amide bonds. The smallest absolute Gasteiger partial charge is 0.339 e. The van der Waals surface area contributed by atoms with E-state index in [4.69, 9.17) is 4.74 Å². The molecule has 3 rings (SSSR count). The molecule has 2 aromatic rings. The van der Waals surface area contributed by atoms with Gasteiger partial charge in [-0.25, -0.2) is 4.79 Å². The molecule has 0 aliphatic carbocycles. The number of aryl methyl sites for hydroxylation is 2. The molecular weight excluding hydrogens is 352 g/mol. The summed E-state index contributed by atoms with van der Waals surface area (Å²) in [4.78, 5) is 30.0. The number of aliphatic imine (C=N–C) groups is 1. The van der Waals surface area contributed by atoms with E-state index in [1.165, 1.54) is 0 Å². The summed E-state index contributed by atoms with van der Waals surface area (Å²) in [6.07, 6.45) is 0. The van der Waals surface area contributed by atoms with Crippen LogP contribution < -0.4 is 5.32 Å². The number of ether oxygens (including phenoxy) is 1. The summed E-state index contributed by atoms with van der Waals surface area (Å²) < 4.78 is 5.53. The molecule has 28 heavy (non-hydrogen) atoms. The quantitative estimate of drug-likeness (QED) is 0.801. The number of rotatable bonds is 5. The van der Waals surface area contributed by atoms with Crippen LogP contribution in [0.3, 0.4) is 0 Å². The Morgan fingerprint density at radius 3 is 2.39 bits per heavy atom. The minimum Gasteiger partial charge on any atom is -0.457 e. The van der Waals surface area contributed by atoms with Gasteiger partial charge in [-0.2, -0.15) is 0 Å². The van der Waals surface area contributed by atoms with Crippen molar-refractivity contribution in [2.75, 3.05) is 0 Å². The third kappa shape index (κ3) is 3.70. The van der Waals surface area contributed by atoms with Crippen LogP contribution >= 0.6 is 0 Å². The summed E-state index contributed by atoms with van der Waals surface area (Å²) in [5.74, 6) is -0.127. The first-order valence-electron chi connectivity index (χ1n) is 9.46. The maximum absolute atomic E-state index is 12.8. The molecule has 146 valence electrons. The molecule has 1 atom stereocenters. The van der Waals surface area contributed by atoms with E-state index in [1.54, 1.807) is 6.07 Å². The molecule has 1 aliphatic heterocycles. The highest BCUT2D eigenvalue weighted by atomic mass is 16.5. The van der Waals surface area contributed by atoms with Crippen LogP contribution in [-0.4, -0.2) is 23.3 Å². The van der Waals surface area contributed by atoms with Crippen LogP contribution in [0.5, 0.6) is 0 Å². The summed E-state index contributed by atoms with van der Waals surface area (Å²) in [5.41, 5.74) is 3.07. The molecule has 0 bridgehead atoms. The lowest BCUT2D eigenvalue weighted by atomic mass is 9.89. The van der Waals surface area contributed by atoms with E-state index in [9.17, 15) is 9.59 Å². The number of amidine groups is 1. The zero-order valence-electron chi connectivity index (χ0n) is 17.0. The highest BCUT2D eigenvalue weighted by Gasteiger charge is 2.42. The van der Waals surface area contributed by atoms with E-state index < -0.39 is 11.5 Å². The van der Waals surface area contributed by atoms with Crippen molar-refractivity contribution in [2.45, 2.75) is 46.8 Å². The van der Waals surface area contributed by atoms with Crippen molar-refractivity contribution in [2.24, 2.45) is 10.9 Å². The average Bonchev–Trinajstić information content (AvgIpc) is 2.98. The van der Waals surface area contributed by atoms with Crippen LogP contribution in [0.25, 0.3) is 0 Å². The molecule has 0 saturated heterocycles. The number of nitrogens with zero attached hydrogens (tertiary/aromatic N) is 1. The van der Waals surface area contributed by atoms with Crippen LogP contribution in [0.15, 0.2) is 47.5 Å². The van der Waals surface area contributed by atoms with Gasteiger partial charge in [0.15, 0.2) is 0 Å². The summed E-state index contributed by atoms with van der Waals surface area (Å²) in [5, 5.41) is 2.86. The fourth-order valence-corrected chi connectivity index (χ4v) is 3.05. The molecule has 1 heterocycles. The van der Waals surface area contributed by atoms with Crippen molar-refractivity contribution < 1.29 is 14.3 Å². The van der Waals surface area contributed by atoms with Crippen molar-refractivity contribution in [3.8, 4) is 0 Å². The van der Waals surface area contributed by atoms with Gasteiger partial charge in [-0.1, -0.05) is 44.2 Å². The Morgan fingerprint density at radius 1 is 1.14 bits per heavy atom. The van der Waals surface area contributed by atoms with Crippen LogP contribution in [-0.2, 0) is 16.1 Å². The second kappa shape index (κ2) is 7.58. The standard InChI is InChI=1S/C23H26N2O3/c1-14(2)23(5)22(27)24-20(25-23)18-11-15(3)16(4)12-19(18)21(26)28-13-17-9-7-6-8-10-17/h6-12,14H,13H2,1-5H3,(H,24,25,27). The van der Waals surface area contributed by atoms with Crippen LogP contribution in [0.2, 0.25) is 0 Å². The van der Waals surface area contributed by atoms with Crippen molar-refractivity contribution >= 4 is 17.7 Å². The minimum absolute atomic E-state index is 0.0324. The van der Waals surface area contributed by atoms with Crippen molar-refractivity contribution in [3.05, 3.63) is 70.3 Å². The van der Waals surface area contributed by atoms with E-state index in [0.29, 0.717) is 17.0 Å². The first kappa shape index (κ1) is 19.8. The number of carbonyl (C=O) groups excluding carboxylic acids is 2. The molecule has 0 radical (unpaired) electrons. The monoisotopic (exact) mass is 378 g/mol. The Kier molecular flexibility index (Phi) is 5.36. The van der Waals surface area contributed by atoms with Gasteiger partial charge in [-0.05, 0) is 55.5 Å². The van der Waals surface area contributed by atoms with E-state index in [2.05, 4.69) is 10.3 Å². The molecule has 0 fully saturated rings. The third-order valence-electron chi connectivity index (χ3n) is 5.48. The topological polar surface area (TPSA) is 67.8 Å². The summed E-state index contributed by atoms with van der Waals surface area (Å²) in [6, 6.07) is 13.2. The average molecular weight is 378 g/mol. The van der Waals surface area contributed by atoms with Gasteiger partial charge in [0.25, 0.3) is 5.91 Å². The van der Waals surface area contributed by atoms with Crippen LogP contribution in [0.1, 0.15) is 53.4 Å². The molecule has 2 aromatic carbocycles. The first-order chi connectivity index (χ1) is 13.2. The van der Waals surface area contributed by atoms with Gasteiger partial charge >= 0.3 is 5.97 Å². The largest absolute Gasteiger partial charge is 0.457 e. The minimum atomic E-state index is -0.848. The molecule has 0 aromatic heterocycles. The fourth-order valence-electron chi connectivity index (χ4n) is 3.05. The van der Waals surface area contributed by atoms with E-state index in [-0.39, 0.29) is 18.4 Å². The fraction of sp³-hybridized carbons (Fsp3) is 0.348. The molecule has 5 nitrogen and oxygen atoms in total. The first-order valence-corrected chi connectivity index (χ1v) is 9.46. The zero-order valence-corrected chi connectivity index (χ0v) is 17.0. The van der Waals surface area contributed by atoms with Crippen molar-refractivity contribution in [3.63, 3.8) is 0 Å². The number of amides is 1. The molecule has 1 aliphatic rings. The predicted molar refractivity (Wildman–Crippen MR) is 109 cm³/mol. The highest BCUT2D eigenvalue weighted by Crippen LogP contribution is 2.28.